The SMILES string of the molecule is O=C(O)C1(C(=O)Nc2cccc(COC3CCCCC3)c2)CC1. The van der Waals surface area contributed by atoms with Crippen molar-refractivity contribution >= 4 is 17.6 Å². The highest BCUT2D eigenvalue weighted by Crippen LogP contribution is 2.46. The summed E-state index contributed by atoms with van der Waals surface area (Å²) >= 11 is 0. The smallest absolute Gasteiger partial charge is 0.319 e. The van der Waals surface area contributed by atoms with Crippen LogP contribution in [0.15, 0.2) is 24.3 Å². The molecule has 1 aromatic rings. The molecule has 0 atom stereocenters. The monoisotopic (exact) mass is 317 g/mol. The molecule has 5 nitrogen and oxygen atoms in total. The number of hydrogen-bond donors (Lipinski definition) is 2. The number of carboxylic acid groups (broad SMARTS) is 1. The second-order valence-corrected chi connectivity index (χ2v) is 6.61. The lowest BCUT2D eigenvalue weighted by Crippen LogP contribution is -2.31. The van der Waals surface area contributed by atoms with Gasteiger partial charge in [0.1, 0.15) is 5.41 Å². The summed E-state index contributed by atoms with van der Waals surface area (Å²) in [6, 6.07) is 7.46. The molecule has 2 fully saturated rings. The standard InChI is InChI=1S/C18H23NO4/c20-16(18(9-10-18)17(21)22)19-14-6-4-5-13(11-14)12-23-15-7-2-1-3-8-15/h4-6,11,15H,1-3,7-10,12H2,(H,19,20)(H,21,22). The Kier molecular flexibility index (Phi) is 4.66. The van der Waals surface area contributed by atoms with E-state index in [-0.39, 0.29) is 0 Å². The van der Waals surface area contributed by atoms with E-state index in [1.54, 1.807) is 6.07 Å². The molecule has 2 aliphatic carbocycles. The van der Waals surface area contributed by atoms with Crippen LogP contribution in [0, 0.1) is 5.41 Å². The number of carboxylic acids is 1. The van der Waals surface area contributed by atoms with Gasteiger partial charge in [-0.1, -0.05) is 31.4 Å². The average Bonchev–Trinajstić information content (AvgIpc) is 3.36. The number of anilines is 1. The zero-order valence-corrected chi connectivity index (χ0v) is 13.2. The molecule has 0 saturated heterocycles. The van der Waals surface area contributed by atoms with Gasteiger partial charge in [0.15, 0.2) is 0 Å². The number of carbonyl (C=O) groups is 2. The summed E-state index contributed by atoms with van der Waals surface area (Å²) in [5.74, 6) is -1.46. The maximum atomic E-state index is 12.1. The molecule has 0 aromatic heterocycles. The molecule has 5 heteroatoms. The van der Waals surface area contributed by atoms with Crippen molar-refractivity contribution in [3.05, 3.63) is 29.8 Å². The van der Waals surface area contributed by atoms with Gasteiger partial charge in [-0.2, -0.15) is 0 Å². The molecular weight excluding hydrogens is 294 g/mol. The van der Waals surface area contributed by atoms with Gasteiger partial charge in [0.05, 0.1) is 12.7 Å². The minimum Gasteiger partial charge on any atom is -0.480 e. The molecule has 23 heavy (non-hydrogen) atoms. The maximum absolute atomic E-state index is 12.1. The highest BCUT2D eigenvalue weighted by atomic mass is 16.5. The van der Waals surface area contributed by atoms with E-state index in [1.807, 2.05) is 18.2 Å². The first-order valence-electron chi connectivity index (χ1n) is 8.35. The van der Waals surface area contributed by atoms with Crippen molar-refractivity contribution in [3.8, 4) is 0 Å². The highest BCUT2D eigenvalue weighted by molar-refractivity contribution is 6.10. The summed E-state index contributed by atoms with van der Waals surface area (Å²) < 4.78 is 5.94. The Bertz CT molecular complexity index is 588. The number of carbonyl (C=O) groups excluding carboxylic acids is 1. The van der Waals surface area contributed by atoms with Gasteiger partial charge in [0.2, 0.25) is 5.91 Å². The Hall–Kier alpha value is -1.88. The molecule has 2 aliphatic rings. The van der Waals surface area contributed by atoms with Gasteiger partial charge in [-0.05, 0) is 43.4 Å². The van der Waals surface area contributed by atoms with E-state index in [4.69, 9.17) is 9.84 Å². The number of aliphatic carboxylic acids is 1. The lowest BCUT2D eigenvalue weighted by molar-refractivity contribution is -0.147. The lowest BCUT2D eigenvalue weighted by atomic mass is 9.98. The van der Waals surface area contributed by atoms with Gasteiger partial charge in [0.25, 0.3) is 0 Å². The van der Waals surface area contributed by atoms with E-state index in [2.05, 4.69) is 5.32 Å². The van der Waals surface area contributed by atoms with Crippen LogP contribution in [0.2, 0.25) is 0 Å². The van der Waals surface area contributed by atoms with Crippen LogP contribution in [0.3, 0.4) is 0 Å². The van der Waals surface area contributed by atoms with Gasteiger partial charge in [-0.3, -0.25) is 9.59 Å². The second-order valence-electron chi connectivity index (χ2n) is 6.61. The molecule has 1 amide bonds. The van der Waals surface area contributed by atoms with Crippen LogP contribution in [0.4, 0.5) is 5.69 Å². The van der Waals surface area contributed by atoms with Crippen LogP contribution in [0.1, 0.15) is 50.5 Å². The average molecular weight is 317 g/mol. The van der Waals surface area contributed by atoms with Crippen LogP contribution in [-0.4, -0.2) is 23.1 Å². The van der Waals surface area contributed by atoms with Gasteiger partial charge in [-0.25, -0.2) is 0 Å². The normalized spacial score (nSPS) is 20.0. The Labute approximate surface area is 136 Å². The van der Waals surface area contributed by atoms with Crippen LogP contribution >= 0.6 is 0 Å². The fraction of sp³-hybridized carbons (Fsp3) is 0.556. The Morgan fingerprint density at radius 2 is 1.96 bits per heavy atom. The first-order valence-corrected chi connectivity index (χ1v) is 8.35. The third-order valence-electron chi connectivity index (χ3n) is 4.82. The van der Waals surface area contributed by atoms with Crippen molar-refractivity contribution in [2.24, 2.45) is 5.41 Å². The van der Waals surface area contributed by atoms with Gasteiger partial charge in [0, 0.05) is 5.69 Å². The predicted molar refractivity (Wildman–Crippen MR) is 86.0 cm³/mol. The summed E-state index contributed by atoms with van der Waals surface area (Å²) in [7, 11) is 0. The summed E-state index contributed by atoms with van der Waals surface area (Å²) in [6.07, 6.45) is 7.18. The third-order valence-corrected chi connectivity index (χ3v) is 4.82. The predicted octanol–water partition coefficient (Wildman–Crippen LogP) is 3.34. The Morgan fingerprint density at radius 1 is 1.22 bits per heavy atom. The molecule has 2 N–H and O–H groups in total. The topological polar surface area (TPSA) is 75.6 Å². The van der Waals surface area contributed by atoms with Gasteiger partial charge >= 0.3 is 5.97 Å². The molecule has 3 rings (SSSR count). The molecule has 124 valence electrons. The van der Waals surface area contributed by atoms with Crippen molar-refractivity contribution < 1.29 is 19.4 Å². The maximum Gasteiger partial charge on any atom is 0.319 e. The molecule has 2 saturated carbocycles. The highest BCUT2D eigenvalue weighted by Gasteiger charge is 2.57. The van der Waals surface area contributed by atoms with E-state index in [0.717, 1.165) is 18.4 Å². The first kappa shape index (κ1) is 16.0. The number of hydrogen-bond acceptors (Lipinski definition) is 3. The fourth-order valence-corrected chi connectivity index (χ4v) is 3.10. The van der Waals surface area contributed by atoms with E-state index in [9.17, 15) is 9.59 Å². The fourth-order valence-electron chi connectivity index (χ4n) is 3.10. The quantitative estimate of drug-likeness (QED) is 0.789. The van der Waals surface area contributed by atoms with Crippen LogP contribution in [0.25, 0.3) is 0 Å². The zero-order chi connectivity index (χ0) is 16.3. The van der Waals surface area contributed by atoms with Crippen LogP contribution in [-0.2, 0) is 20.9 Å². The van der Waals surface area contributed by atoms with Crippen molar-refractivity contribution in [3.63, 3.8) is 0 Å². The third kappa shape index (κ3) is 3.72. The number of rotatable bonds is 6. The molecule has 0 unspecified atom stereocenters. The molecule has 0 heterocycles. The molecule has 1 aromatic carbocycles. The second kappa shape index (κ2) is 6.71. The number of ether oxygens (including phenoxy) is 1. The summed E-state index contributed by atoms with van der Waals surface area (Å²) in [6.45, 7) is 0.526. The molecule has 0 aliphatic heterocycles. The van der Waals surface area contributed by atoms with E-state index >= 15 is 0 Å². The minimum absolute atomic E-state index is 0.337. The van der Waals surface area contributed by atoms with Crippen molar-refractivity contribution in [1.29, 1.82) is 0 Å². The molecule has 0 bridgehead atoms. The van der Waals surface area contributed by atoms with E-state index in [1.165, 1.54) is 19.3 Å². The first-order chi connectivity index (χ1) is 11.1. The summed E-state index contributed by atoms with van der Waals surface area (Å²) in [4.78, 5) is 23.3. The van der Waals surface area contributed by atoms with Crippen LogP contribution in [0.5, 0.6) is 0 Å². The number of benzene rings is 1. The summed E-state index contributed by atoms with van der Waals surface area (Å²) in [5.41, 5.74) is 0.412. The van der Waals surface area contributed by atoms with E-state index < -0.39 is 17.3 Å². The molecule has 0 spiro atoms. The minimum atomic E-state index is -1.21. The summed E-state index contributed by atoms with van der Waals surface area (Å²) in [5, 5.41) is 11.9. The van der Waals surface area contributed by atoms with Crippen molar-refractivity contribution in [2.45, 2.75) is 57.7 Å². The van der Waals surface area contributed by atoms with Crippen molar-refractivity contribution in [2.75, 3.05) is 5.32 Å². The Morgan fingerprint density at radius 3 is 2.61 bits per heavy atom. The van der Waals surface area contributed by atoms with Crippen LogP contribution < -0.4 is 5.32 Å². The molecule has 0 radical (unpaired) electrons. The largest absolute Gasteiger partial charge is 0.480 e. The zero-order valence-electron chi connectivity index (χ0n) is 13.2. The number of nitrogens with one attached hydrogen (secondary N) is 1. The molecular formula is C18H23NO4. The van der Waals surface area contributed by atoms with E-state index in [0.29, 0.717) is 31.2 Å². The Balaban J connectivity index is 1.57. The number of amides is 1. The van der Waals surface area contributed by atoms with Gasteiger partial charge in [-0.15, -0.1) is 0 Å². The van der Waals surface area contributed by atoms with Crippen molar-refractivity contribution in [1.82, 2.24) is 0 Å². The lowest BCUT2D eigenvalue weighted by Gasteiger charge is -2.22. The van der Waals surface area contributed by atoms with Gasteiger partial charge < -0.3 is 15.2 Å².